The summed E-state index contributed by atoms with van der Waals surface area (Å²) in [7, 11) is 1.93. The monoisotopic (exact) mass is 268 g/mol. The third-order valence-corrected chi connectivity index (χ3v) is 3.91. The Kier molecular flexibility index (Phi) is 4.04. The fraction of sp³-hybridized carbons (Fsp3) is 0.364. The van der Waals surface area contributed by atoms with Crippen molar-refractivity contribution in [2.45, 2.75) is 19.4 Å². The van der Waals surface area contributed by atoms with E-state index in [4.69, 9.17) is 11.6 Å². The molecule has 2 aromatic heterocycles. The quantitative estimate of drug-likeness (QED) is 0.925. The standard InChI is InChI=1S/C11H13ClN4S/c1-7-11(17-16-15-7)10(13-2)5-8-3-4-14-6-9(8)12/h3-4,6,10,13H,5H2,1-2H3. The van der Waals surface area contributed by atoms with E-state index in [2.05, 4.69) is 19.9 Å². The number of hydrogen-bond donors (Lipinski definition) is 1. The van der Waals surface area contributed by atoms with Gasteiger partial charge in [-0.25, -0.2) is 0 Å². The third kappa shape index (κ3) is 2.80. The number of nitrogens with one attached hydrogen (secondary N) is 1. The summed E-state index contributed by atoms with van der Waals surface area (Å²) in [4.78, 5) is 5.14. The minimum atomic E-state index is 0.190. The molecule has 1 unspecified atom stereocenters. The third-order valence-electron chi connectivity index (χ3n) is 2.63. The first-order valence-electron chi connectivity index (χ1n) is 5.27. The molecule has 0 saturated carbocycles. The zero-order valence-electron chi connectivity index (χ0n) is 9.64. The molecule has 0 saturated heterocycles. The molecule has 6 heteroatoms. The van der Waals surface area contributed by atoms with Gasteiger partial charge in [0.05, 0.1) is 15.6 Å². The van der Waals surface area contributed by atoms with Crippen LogP contribution in [0.25, 0.3) is 0 Å². The largest absolute Gasteiger partial charge is 0.312 e. The average molecular weight is 269 g/mol. The zero-order chi connectivity index (χ0) is 12.3. The maximum Gasteiger partial charge on any atom is 0.0772 e. The minimum Gasteiger partial charge on any atom is -0.312 e. The lowest BCUT2D eigenvalue weighted by molar-refractivity contribution is 0.597. The molecule has 2 aromatic rings. The molecule has 4 nitrogen and oxygen atoms in total. The normalized spacial score (nSPS) is 12.6. The lowest BCUT2D eigenvalue weighted by Gasteiger charge is -2.15. The first-order chi connectivity index (χ1) is 8.22. The molecule has 0 bridgehead atoms. The second kappa shape index (κ2) is 5.53. The topological polar surface area (TPSA) is 50.7 Å². The van der Waals surface area contributed by atoms with Gasteiger partial charge in [0, 0.05) is 18.4 Å². The Morgan fingerprint density at radius 1 is 1.53 bits per heavy atom. The highest BCUT2D eigenvalue weighted by molar-refractivity contribution is 7.05. The van der Waals surface area contributed by atoms with Crippen molar-refractivity contribution in [3.05, 3.63) is 39.6 Å². The van der Waals surface area contributed by atoms with Crippen molar-refractivity contribution in [3.63, 3.8) is 0 Å². The molecule has 0 aliphatic heterocycles. The number of pyridine rings is 1. The predicted octanol–water partition coefficient (Wildman–Crippen LogP) is 2.40. The van der Waals surface area contributed by atoms with Crippen LogP contribution in [0.3, 0.4) is 0 Å². The van der Waals surface area contributed by atoms with Gasteiger partial charge >= 0.3 is 0 Å². The van der Waals surface area contributed by atoms with Crippen LogP contribution in [-0.2, 0) is 6.42 Å². The van der Waals surface area contributed by atoms with E-state index < -0.39 is 0 Å². The molecule has 1 N–H and O–H groups in total. The van der Waals surface area contributed by atoms with E-state index in [1.807, 2.05) is 20.0 Å². The first kappa shape index (κ1) is 12.4. The highest BCUT2D eigenvalue weighted by atomic mass is 35.5. The second-order valence-electron chi connectivity index (χ2n) is 3.74. The maximum absolute atomic E-state index is 6.11. The van der Waals surface area contributed by atoms with Gasteiger partial charge in [-0.2, -0.15) is 0 Å². The van der Waals surface area contributed by atoms with Crippen LogP contribution in [0, 0.1) is 6.92 Å². The maximum atomic E-state index is 6.11. The number of aromatic nitrogens is 3. The zero-order valence-corrected chi connectivity index (χ0v) is 11.2. The van der Waals surface area contributed by atoms with E-state index in [1.54, 1.807) is 12.4 Å². The Labute approximate surface area is 109 Å². The SMILES string of the molecule is CNC(Cc1ccncc1Cl)c1snnc1C. The second-order valence-corrected chi connectivity index (χ2v) is 4.93. The van der Waals surface area contributed by atoms with Gasteiger partial charge in [0.15, 0.2) is 0 Å². The summed E-state index contributed by atoms with van der Waals surface area (Å²) in [6.45, 7) is 1.97. The van der Waals surface area contributed by atoms with Crippen molar-refractivity contribution in [2.75, 3.05) is 7.05 Å². The number of aryl methyl sites for hydroxylation is 1. The predicted molar refractivity (Wildman–Crippen MR) is 69.4 cm³/mol. The van der Waals surface area contributed by atoms with Gasteiger partial charge in [0.2, 0.25) is 0 Å². The molecular formula is C11H13ClN4S. The highest BCUT2D eigenvalue weighted by Crippen LogP contribution is 2.25. The van der Waals surface area contributed by atoms with Crippen molar-refractivity contribution in [1.29, 1.82) is 0 Å². The van der Waals surface area contributed by atoms with Crippen molar-refractivity contribution in [3.8, 4) is 0 Å². The van der Waals surface area contributed by atoms with Crippen molar-refractivity contribution in [1.82, 2.24) is 19.9 Å². The number of hydrogen-bond acceptors (Lipinski definition) is 5. The summed E-state index contributed by atoms with van der Waals surface area (Å²) in [5, 5.41) is 8.00. The Morgan fingerprint density at radius 3 is 2.94 bits per heavy atom. The molecule has 0 aliphatic carbocycles. The molecule has 1 atom stereocenters. The summed E-state index contributed by atoms with van der Waals surface area (Å²) >= 11 is 7.53. The van der Waals surface area contributed by atoms with Crippen molar-refractivity contribution < 1.29 is 0 Å². The first-order valence-corrected chi connectivity index (χ1v) is 6.42. The van der Waals surface area contributed by atoms with Crippen molar-refractivity contribution in [2.24, 2.45) is 0 Å². The van der Waals surface area contributed by atoms with E-state index >= 15 is 0 Å². The van der Waals surface area contributed by atoms with E-state index in [0.29, 0.717) is 5.02 Å². The van der Waals surface area contributed by atoms with E-state index in [0.717, 1.165) is 22.6 Å². The molecule has 17 heavy (non-hydrogen) atoms. The highest BCUT2D eigenvalue weighted by Gasteiger charge is 2.17. The Morgan fingerprint density at radius 2 is 2.35 bits per heavy atom. The van der Waals surface area contributed by atoms with Crippen LogP contribution in [0.1, 0.15) is 22.2 Å². The van der Waals surface area contributed by atoms with Crippen LogP contribution in [0.5, 0.6) is 0 Å². The summed E-state index contributed by atoms with van der Waals surface area (Å²) in [5.41, 5.74) is 2.05. The van der Waals surface area contributed by atoms with Gasteiger partial charge < -0.3 is 5.32 Å². The Hall–Kier alpha value is -1.04. The lowest BCUT2D eigenvalue weighted by atomic mass is 10.1. The molecule has 0 aliphatic rings. The van der Waals surface area contributed by atoms with E-state index in [-0.39, 0.29) is 6.04 Å². The molecule has 2 rings (SSSR count). The lowest BCUT2D eigenvalue weighted by Crippen LogP contribution is -2.18. The van der Waals surface area contributed by atoms with Crippen LogP contribution >= 0.6 is 23.1 Å². The van der Waals surface area contributed by atoms with Gasteiger partial charge in [0.25, 0.3) is 0 Å². The fourth-order valence-corrected chi connectivity index (χ4v) is 2.62. The fourth-order valence-electron chi connectivity index (χ4n) is 1.67. The molecule has 0 amide bonds. The summed E-state index contributed by atoms with van der Waals surface area (Å²) < 4.78 is 3.96. The summed E-state index contributed by atoms with van der Waals surface area (Å²) in [6.07, 6.45) is 4.23. The summed E-state index contributed by atoms with van der Waals surface area (Å²) in [6, 6.07) is 2.13. The summed E-state index contributed by atoms with van der Waals surface area (Å²) in [5.74, 6) is 0. The molecule has 0 aromatic carbocycles. The van der Waals surface area contributed by atoms with Gasteiger partial charge in [-0.15, -0.1) is 5.10 Å². The van der Waals surface area contributed by atoms with Crippen molar-refractivity contribution >= 4 is 23.1 Å². The Bertz CT molecular complexity index is 500. The molecular weight excluding hydrogens is 256 g/mol. The van der Waals surface area contributed by atoms with E-state index in [9.17, 15) is 0 Å². The number of rotatable bonds is 4. The molecule has 0 fully saturated rings. The average Bonchev–Trinajstić information content (AvgIpc) is 2.75. The van der Waals surface area contributed by atoms with Crippen LogP contribution in [-0.4, -0.2) is 21.6 Å². The van der Waals surface area contributed by atoms with Gasteiger partial charge in [-0.3, -0.25) is 4.98 Å². The van der Waals surface area contributed by atoms with Gasteiger partial charge in [-0.05, 0) is 43.6 Å². The smallest absolute Gasteiger partial charge is 0.0772 e. The van der Waals surface area contributed by atoms with Gasteiger partial charge in [0.1, 0.15) is 0 Å². The molecule has 90 valence electrons. The van der Waals surface area contributed by atoms with Gasteiger partial charge in [-0.1, -0.05) is 16.1 Å². The van der Waals surface area contributed by atoms with Crippen LogP contribution in [0.15, 0.2) is 18.5 Å². The molecule has 0 radical (unpaired) electrons. The van der Waals surface area contributed by atoms with E-state index in [1.165, 1.54) is 11.5 Å². The van der Waals surface area contributed by atoms with Crippen LogP contribution < -0.4 is 5.32 Å². The molecule has 2 heterocycles. The number of nitrogens with zero attached hydrogens (tertiary/aromatic N) is 3. The van der Waals surface area contributed by atoms with Crippen LogP contribution in [0.4, 0.5) is 0 Å². The van der Waals surface area contributed by atoms with Crippen LogP contribution in [0.2, 0.25) is 5.02 Å². The minimum absolute atomic E-state index is 0.190. The molecule has 0 spiro atoms. The number of likely N-dealkylation sites (N-methyl/N-ethyl adjacent to an activating group) is 1. The Balaban J connectivity index is 2.22. The number of halogens is 1.